The zero-order valence-corrected chi connectivity index (χ0v) is 11.4. The van der Waals surface area contributed by atoms with Gasteiger partial charge in [-0.05, 0) is 5.56 Å². The summed E-state index contributed by atoms with van der Waals surface area (Å²) in [6, 6.07) is 10.8. The van der Waals surface area contributed by atoms with E-state index in [4.69, 9.17) is 9.15 Å². The molecule has 0 aliphatic heterocycles. The van der Waals surface area contributed by atoms with Crippen LogP contribution in [0.1, 0.15) is 11.3 Å². The second-order valence-electron chi connectivity index (χ2n) is 4.08. The quantitative estimate of drug-likeness (QED) is 0.849. The van der Waals surface area contributed by atoms with Crippen molar-refractivity contribution in [1.82, 2.24) is 0 Å². The minimum Gasteiger partial charge on any atom is -0.482 e. The average molecular weight is 278 g/mol. The zero-order chi connectivity index (χ0) is 13.7. The molecule has 2 atom stereocenters. The smallest absolute Gasteiger partial charge is 0.227 e. The monoisotopic (exact) mass is 278 g/mol. The highest BCUT2D eigenvalue weighted by Crippen LogP contribution is 2.18. The van der Waals surface area contributed by atoms with Crippen LogP contribution in [0, 0.1) is 0 Å². The van der Waals surface area contributed by atoms with Crippen molar-refractivity contribution in [2.75, 3.05) is 0 Å². The fourth-order valence-electron chi connectivity index (χ4n) is 1.66. The van der Waals surface area contributed by atoms with Crippen molar-refractivity contribution < 1.29 is 14.3 Å². The second kappa shape index (κ2) is 6.50. The molecule has 1 heterocycles. The molecule has 0 aliphatic carbocycles. The molecule has 19 heavy (non-hydrogen) atoms. The van der Waals surface area contributed by atoms with Crippen LogP contribution in [0.4, 0.5) is 0 Å². The summed E-state index contributed by atoms with van der Waals surface area (Å²) in [5, 5.41) is 9.35. The maximum absolute atomic E-state index is 11.8. The number of ether oxygens (including phenoxy) is 1. The Bertz CT molecular complexity index is 577. The van der Waals surface area contributed by atoms with Crippen molar-refractivity contribution in [2.45, 2.75) is 18.9 Å². The maximum atomic E-state index is 11.8. The molecule has 1 N–H and O–H groups in total. The van der Waals surface area contributed by atoms with Gasteiger partial charge in [0.05, 0.1) is 12.1 Å². The van der Waals surface area contributed by atoms with Crippen LogP contribution in [0.15, 0.2) is 51.9 Å². The van der Waals surface area contributed by atoms with E-state index >= 15 is 0 Å². The number of aliphatic hydroxyl groups is 1. The number of rotatable bonds is 5. The molecule has 1 aromatic heterocycles. The third kappa shape index (κ3) is 3.91. The first-order valence-electron chi connectivity index (χ1n) is 5.88. The van der Waals surface area contributed by atoms with E-state index in [1.165, 1.54) is 12.3 Å². The minimum atomic E-state index is -0.676. The molecule has 0 amide bonds. The molecule has 2 unspecified atom stereocenters. The Balaban J connectivity index is 2.17. The van der Waals surface area contributed by atoms with Crippen LogP contribution in [0.5, 0.6) is 5.75 Å². The van der Waals surface area contributed by atoms with Crippen molar-refractivity contribution in [3.8, 4) is 5.75 Å². The van der Waals surface area contributed by atoms with Gasteiger partial charge in [-0.3, -0.25) is 4.79 Å². The average Bonchev–Trinajstić information content (AvgIpc) is 2.38. The second-order valence-corrected chi connectivity index (χ2v) is 4.85. The van der Waals surface area contributed by atoms with Gasteiger partial charge in [0.2, 0.25) is 11.2 Å². The summed E-state index contributed by atoms with van der Waals surface area (Å²) in [6.07, 6.45) is 1.52. The summed E-state index contributed by atoms with van der Waals surface area (Å²) in [5.41, 5.74) is 0.714. The standard InChI is InChI=1S/C14H15O4P/c15-11-6-7-17-12(8-13(16)19)14(11)18-9-10-4-2-1-3-5-10/h1-7,13,16H,8-9,19H2. The van der Waals surface area contributed by atoms with Gasteiger partial charge < -0.3 is 14.3 Å². The van der Waals surface area contributed by atoms with E-state index < -0.39 is 5.85 Å². The lowest BCUT2D eigenvalue weighted by Crippen LogP contribution is -2.12. The molecule has 1 aromatic carbocycles. The Morgan fingerprint density at radius 3 is 2.68 bits per heavy atom. The summed E-state index contributed by atoms with van der Waals surface area (Å²) in [7, 11) is 2.24. The SMILES string of the molecule is O=c1ccoc(CC(O)P)c1OCc1ccccc1. The van der Waals surface area contributed by atoms with Gasteiger partial charge in [0, 0.05) is 12.5 Å². The van der Waals surface area contributed by atoms with Gasteiger partial charge in [-0.1, -0.05) is 30.3 Å². The predicted molar refractivity (Wildman–Crippen MR) is 75.2 cm³/mol. The third-order valence-electron chi connectivity index (χ3n) is 2.53. The van der Waals surface area contributed by atoms with Gasteiger partial charge in [0.25, 0.3) is 0 Å². The van der Waals surface area contributed by atoms with Crippen LogP contribution in [0.3, 0.4) is 0 Å². The van der Waals surface area contributed by atoms with Crippen LogP contribution in [-0.2, 0) is 13.0 Å². The van der Waals surface area contributed by atoms with Crippen LogP contribution < -0.4 is 10.2 Å². The van der Waals surface area contributed by atoms with E-state index in [-0.39, 0.29) is 24.2 Å². The van der Waals surface area contributed by atoms with Gasteiger partial charge in [-0.25, -0.2) is 0 Å². The van der Waals surface area contributed by atoms with Gasteiger partial charge in [-0.15, -0.1) is 9.24 Å². The van der Waals surface area contributed by atoms with Crippen molar-refractivity contribution >= 4 is 9.24 Å². The number of aliphatic hydroxyl groups excluding tert-OH is 1. The molecular weight excluding hydrogens is 263 g/mol. The minimum absolute atomic E-state index is 0.160. The number of benzene rings is 1. The van der Waals surface area contributed by atoms with E-state index in [2.05, 4.69) is 9.24 Å². The molecule has 2 rings (SSSR count). The Morgan fingerprint density at radius 2 is 2.00 bits per heavy atom. The molecule has 0 radical (unpaired) electrons. The highest BCUT2D eigenvalue weighted by Gasteiger charge is 2.13. The largest absolute Gasteiger partial charge is 0.482 e. The molecule has 0 saturated carbocycles. The van der Waals surface area contributed by atoms with E-state index in [0.29, 0.717) is 5.76 Å². The lowest BCUT2D eigenvalue weighted by Gasteiger charge is -2.10. The first-order valence-corrected chi connectivity index (χ1v) is 6.54. The Hall–Kier alpha value is -1.64. The number of hydrogen-bond donors (Lipinski definition) is 1. The van der Waals surface area contributed by atoms with Gasteiger partial charge in [-0.2, -0.15) is 0 Å². The Labute approximate surface area is 113 Å². The topological polar surface area (TPSA) is 59.7 Å². The highest BCUT2D eigenvalue weighted by molar-refractivity contribution is 7.17. The summed E-state index contributed by atoms with van der Waals surface area (Å²) in [4.78, 5) is 11.8. The van der Waals surface area contributed by atoms with Crippen LogP contribution in [0.2, 0.25) is 0 Å². The molecule has 100 valence electrons. The normalized spacial score (nSPS) is 12.1. The van der Waals surface area contributed by atoms with Crippen LogP contribution in [0.25, 0.3) is 0 Å². The van der Waals surface area contributed by atoms with Crippen molar-refractivity contribution in [1.29, 1.82) is 0 Å². The molecule has 0 spiro atoms. The Kier molecular flexibility index (Phi) is 4.72. The highest BCUT2D eigenvalue weighted by atomic mass is 31.0. The van der Waals surface area contributed by atoms with E-state index in [9.17, 15) is 9.90 Å². The van der Waals surface area contributed by atoms with Crippen LogP contribution >= 0.6 is 9.24 Å². The third-order valence-corrected chi connectivity index (χ3v) is 2.76. The van der Waals surface area contributed by atoms with E-state index in [0.717, 1.165) is 5.56 Å². The van der Waals surface area contributed by atoms with Crippen molar-refractivity contribution in [2.24, 2.45) is 0 Å². The molecule has 4 nitrogen and oxygen atoms in total. The summed E-state index contributed by atoms with van der Waals surface area (Å²) < 4.78 is 10.8. The molecular formula is C14H15O4P. The van der Waals surface area contributed by atoms with Gasteiger partial charge >= 0.3 is 0 Å². The summed E-state index contributed by atoms with van der Waals surface area (Å²) in [6.45, 7) is 0.287. The van der Waals surface area contributed by atoms with Crippen LogP contribution in [-0.4, -0.2) is 11.0 Å². The van der Waals surface area contributed by atoms with Crippen molar-refractivity contribution in [3.05, 3.63) is 64.2 Å². The summed E-state index contributed by atoms with van der Waals surface area (Å²) >= 11 is 0. The lowest BCUT2D eigenvalue weighted by molar-refractivity contribution is 0.237. The maximum Gasteiger partial charge on any atom is 0.227 e. The molecule has 5 heteroatoms. The van der Waals surface area contributed by atoms with Crippen molar-refractivity contribution in [3.63, 3.8) is 0 Å². The number of hydrogen-bond acceptors (Lipinski definition) is 4. The molecule has 0 fully saturated rings. The van der Waals surface area contributed by atoms with Gasteiger partial charge in [0.1, 0.15) is 6.61 Å². The fourth-order valence-corrected chi connectivity index (χ4v) is 1.87. The molecule has 0 bridgehead atoms. The van der Waals surface area contributed by atoms with E-state index in [1.54, 1.807) is 0 Å². The summed E-state index contributed by atoms with van der Waals surface area (Å²) in [5.74, 6) is -0.164. The molecule has 0 aliphatic rings. The Morgan fingerprint density at radius 1 is 1.26 bits per heavy atom. The lowest BCUT2D eigenvalue weighted by atomic mass is 10.2. The molecule has 2 aromatic rings. The first kappa shape index (κ1) is 13.8. The zero-order valence-electron chi connectivity index (χ0n) is 10.3. The predicted octanol–water partition coefficient (Wildman–Crippen LogP) is 1.95. The van der Waals surface area contributed by atoms with E-state index in [1.807, 2.05) is 30.3 Å². The first-order chi connectivity index (χ1) is 9.16. The molecule has 0 saturated heterocycles. The van der Waals surface area contributed by atoms with Gasteiger partial charge in [0.15, 0.2) is 5.76 Å². The fraction of sp³-hybridized carbons (Fsp3) is 0.214.